The lowest BCUT2D eigenvalue weighted by Crippen LogP contribution is -1.96. The van der Waals surface area contributed by atoms with E-state index in [1.165, 1.54) is 11.3 Å². The quantitative estimate of drug-likeness (QED) is 0.805. The number of nitrogens with one attached hydrogen (secondary N) is 1. The fourth-order valence-corrected chi connectivity index (χ4v) is 2.11. The molecule has 0 saturated heterocycles. The van der Waals surface area contributed by atoms with Gasteiger partial charge in [-0.05, 0) is 18.2 Å². The maximum atomic E-state index is 9.77. The van der Waals surface area contributed by atoms with E-state index in [1.807, 2.05) is 0 Å². The highest BCUT2D eigenvalue weighted by Gasteiger charge is 2.13. The number of aliphatic hydroxyl groups is 1. The normalized spacial score (nSPS) is 13.1. The Bertz CT molecular complexity index is 385. The molecule has 0 saturated carbocycles. The van der Waals surface area contributed by atoms with Crippen LogP contribution in [0.4, 0.5) is 0 Å². The van der Waals surface area contributed by atoms with Gasteiger partial charge in [0.2, 0.25) is 0 Å². The molecule has 0 aliphatic heterocycles. The molecule has 2 N–H and O–H groups in total. The van der Waals surface area contributed by atoms with E-state index in [9.17, 15) is 5.11 Å². The molecule has 13 heavy (non-hydrogen) atoms. The Labute approximate surface area is 84.0 Å². The Hall–Kier alpha value is -0.840. The molecule has 2 aromatic rings. The van der Waals surface area contributed by atoms with E-state index >= 15 is 0 Å². The predicted molar refractivity (Wildman–Crippen MR) is 52.0 cm³/mol. The maximum Gasteiger partial charge on any atom is 0.130 e. The molecule has 0 spiro atoms. The monoisotopic (exact) mass is 214 g/mol. The number of H-pyrrole nitrogens is 1. The summed E-state index contributed by atoms with van der Waals surface area (Å²) in [5.74, 6) is 0. The third kappa shape index (κ3) is 1.75. The van der Waals surface area contributed by atoms with Crippen molar-refractivity contribution in [3.8, 4) is 0 Å². The highest BCUT2D eigenvalue weighted by Crippen LogP contribution is 2.29. The zero-order valence-electron chi connectivity index (χ0n) is 6.57. The number of thiophene rings is 1. The molecule has 3 nitrogen and oxygen atoms in total. The molecule has 0 aliphatic rings. The van der Waals surface area contributed by atoms with Crippen LogP contribution in [0.2, 0.25) is 4.34 Å². The first-order chi connectivity index (χ1) is 6.27. The topological polar surface area (TPSA) is 48.9 Å². The average Bonchev–Trinajstić information content (AvgIpc) is 2.72. The Morgan fingerprint density at radius 3 is 2.85 bits per heavy atom. The van der Waals surface area contributed by atoms with Crippen LogP contribution in [-0.4, -0.2) is 15.3 Å². The molecule has 2 rings (SSSR count). The van der Waals surface area contributed by atoms with Gasteiger partial charge in [0.25, 0.3) is 0 Å². The highest BCUT2D eigenvalue weighted by atomic mass is 35.5. The SMILES string of the molecule is OC(c1ccn[nH]1)c1ccc(Cl)s1. The van der Waals surface area contributed by atoms with Crippen LogP contribution >= 0.6 is 22.9 Å². The van der Waals surface area contributed by atoms with Gasteiger partial charge in [0.05, 0.1) is 10.0 Å². The molecule has 0 bridgehead atoms. The largest absolute Gasteiger partial charge is 0.381 e. The zero-order valence-corrected chi connectivity index (χ0v) is 8.14. The lowest BCUT2D eigenvalue weighted by molar-refractivity contribution is 0.219. The Balaban J connectivity index is 2.28. The molecule has 0 aliphatic carbocycles. The minimum atomic E-state index is -0.653. The second-order valence-corrected chi connectivity index (χ2v) is 4.30. The summed E-state index contributed by atoms with van der Waals surface area (Å²) in [5, 5.41) is 16.2. The summed E-state index contributed by atoms with van der Waals surface area (Å²) in [6.45, 7) is 0. The number of rotatable bonds is 2. The molecule has 0 amide bonds. The van der Waals surface area contributed by atoms with Crippen LogP contribution in [0.1, 0.15) is 16.7 Å². The Morgan fingerprint density at radius 2 is 2.31 bits per heavy atom. The molecule has 1 unspecified atom stereocenters. The van der Waals surface area contributed by atoms with Crippen molar-refractivity contribution >= 4 is 22.9 Å². The van der Waals surface area contributed by atoms with Crippen molar-refractivity contribution < 1.29 is 5.11 Å². The van der Waals surface area contributed by atoms with Crippen molar-refractivity contribution in [1.29, 1.82) is 0 Å². The molecule has 5 heteroatoms. The molecule has 2 heterocycles. The zero-order chi connectivity index (χ0) is 9.26. The number of hydrogen-bond donors (Lipinski definition) is 2. The lowest BCUT2D eigenvalue weighted by Gasteiger charge is -2.03. The van der Waals surface area contributed by atoms with E-state index in [0.717, 1.165) is 4.88 Å². The predicted octanol–water partition coefficient (Wildman–Crippen LogP) is 2.21. The van der Waals surface area contributed by atoms with Crippen molar-refractivity contribution in [2.75, 3.05) is 0 Å². The summed E-state index contributed by atoms with van der Waals surface area (Å²) in [7, 11) is 0. The number of halogens is 1. The van der Waals surface area contributed by atoms with Gasteiger partial charge in [-0.15, -0.1) is 11.3 Å². The van der Waals surface area contributed by atoms with Crippen LogP contribution in [0.25, 0.3) is 0 Å². The van der Waals surface area contributed by atoms with Crippen molar-refractivity contribution in [1.82, 2.24) is 10.2 Å². The van der Waals surface area contributed by atoms with Gasteiger partial charge in [0.1, 0.15) is 6.10 Å². The third-order valence-corrected chi connectivity index (χ3v) is 2.96. The fraction of sp³-hybridized carbons (Fsp3) is 0.125. The van der Waals surface area contributed by atoms with Gasteiger partial charge in [-0.25, -0.2) is 0 Å². The molecular weight excluding hydrogens is 208 g/mol. The molecule has 0 aromatic carbocycles. The van der Waals surface area contributed by atoms with E-state index in [1.54, 1.807) is 24.4 Å². The summed E-state index contributed by atoms with van der Waals surface area (Å²) in [4.78, 5) is 0.814. The molecule has 0 fully saturated rings. The first-order valence-corrected chi connectivity index (χ1v) is 4.89. The Kier molecular flexibility index (Phi) is 2.35. The second-order valence-electron chi connectivity index (χ2n) is 2.56. The van der Waals surface area contributed by atoms with Crippen molar-refractivity contribution in [3.05, 3.63) is 39.3 Å². The van der Waals surface area contributed by atoms with Gasteiger partial charge in [-0.2, -0.15) is 5.10 Å². The summed E-state index contributed by atoms with van der Waals surface area (Å²) in [6.07, 6.45) is 0.952. The smallest absolute Gasteiger partial charge is 0.130 e. The number of aromatic amines is 1. The van der Waals surface area contributed by atoms with Crippen LogP contribution in [-0.2, 0) is 0 Å². The van der Waals surface area contributed by atoms with Crippen LogP contribution in [0.5, 0.6) is 0 Å². The first kappa shape index (κ1) is 8.74. The summed E-state index contributed by atoms with van der Waals surface area (Å²) in [6, 6.07) is 5.30. The van der Waals surface area contributed by atoms with Crippen LogP contribution in [0.15, 0.2) is 24.4 Å². The average molecular weight is 215 g/mol. The molecule has 68 valence electrons. The number of hydrogen-bond acceptors (Lipinski definition) is 3. The van der Waals surface area contributed by atoms with Crippen LogP contribution in [0, 0.1) is 0 Å². The van der Waals surface area contributed by atoms with Crippen LogP contribution in [0.3, 0.4) is 0 Å². The van der Waals surface area contributed by atoms with E-state index in [0.29, 0.717) is 10.0 Å². The second kappa shape index (κ2) is 3.49. The van der Waals surface area contributed by atoms with Gasteiger partial charge < -0.3 is 5.11 Å². The van der Waals surface area contributed by atoms with E-state index < -0.39 is 6.10 Å². The Morgan fingerprint density at radius 1 is 1.46 bits per heavy atom. The minimum Gasteiger partial charge on any atom is -0.381 e. The number of aliphatic hydroxyl groups excluding tert-OH is 1. The van der Waals surface area contributed by atoms with E-state index in [4.69, 9.17) is 11.6 Å². The van der Waals surface area contributed by atoms with Gasteiger partial charge >= 0.3 is 0 Å². The van der Waals surface area contributed by atoms with Crippen molar-refractivity contribution in [2.45, 2.75) is 6.10 Å². The standard InChI is InChI=1S/C8H7ClN2OS/c9-7-2-1-6(13-7)8(12)5-3-4-10-11-5/h1-4,8,12H,(H,10,11). The van der Waals surface area contributed by atoms with Crippen molar-refractivity contribution in [2.24, 2.45) is 0 Å². The van der Waals surface area contributed by atoms with Crippen LogP contribution < -0.4 is 0 Å². The molecule has 0 radical (unpaired) electrons. The summed E-state index contributed by atoms with van der Waals surface area (Å²) >= 11 is 7.11. The highest BCUT2D eigenvalue weighted by molar-refractivity contribution is 7.16. The van der Waals surface area contributed by atoms with Gasteiger partial charge in [-0.3, -0.25) is 5.10 Å². The van der Waals surface area contributed by atoms with Gasteiger partial charge in [0.15, 0.2) is 0 Å². The third-order valence-electron chi connectivity index (χ3n) is 1.68. The first-order valence-electron chi connectivity index (χ1n) is 3.70. The molecule has 1 atom stereocenters. The summed E-state index contributed by atoms with van der Waals surface area (Å²) in [5.41, 5.74) is 0.679. The summed E-state index contributed by atoms with van der Waals surface area (Å²) < 4.78 is 0.675. The molecule has 2 aromatic heterocycles. The van der Waals surface area contributed by atoms with Gasteiger partial charge in [-0.1, -0.05) is 11.6 Å². The number of aromatic nitrogens is 2. The minimum absolute atomic E-state index is 0.653. The van der Waals surface area contributed by atoms with E-state index in [2.05, 4.69) is 10.2 Å². The molecular formula is C8H7ClN2OS. The van der Waals surface area contributed by atoms with E-state index in [-0.39, 0.29) is 0 Å². The lowest BCUT2D eigenvalue weighted by atomic mass is 10.2. The van der Waals surface area contributed by atoms with Gasteiger partial charge in [0, 0.05) is 11.1 Å². The van der Waals surface area contributed by atoms with Crippen molar-refractivity contribution in [3.63, 3.8) is 0 Å². The number of nitrogens with zero attached hydrogens (tertiary/aromatic N) is 1. The fourth-order valence-electron chi connectivity index (χ4n) is 1.05. The maximum absolute atomic E-state index is 9.77.